The summed E-state index contributed by atoms with van der Waals surface area (Å²) in [7, 11) is 1.83. The van der Waals surface area contributed by atoms with Gasteiger partial charge in [0.05, 0.1) is 6.54 Å². The second-order valence-electron chi connectivity index (χ2n) is 2.01. The van der Waals surface area contributed by atoms with Crippen molar-refractivity contribution in [3.05, 3.63) is 16.4 Å². The molecule has 1 aromatic rings. The molecule has 1 amide bonds. The van der Waals surface area contributed by atoms with Gasteiger partial charge < -0.3 is 10.3 Å². The maximum atomic E-state index is 10.7. The lowest BCUT2D eigenvalue weighted by molar-refractivity contribution is -0.116. The van der Waals surface area contributed by atoms with E-state index in [-0.39, 0.29) is 24.9 Å². The molecule has 0 unspecified atom stereocenters. The second kappa shape index (κ2) is 5.08. The van der Waals surface area contributed by atoms with Crippen LogP contribution in [0.1, 0.15) is 0 Å². The van der Waals surface area contributed by atoms with Crippen molar-refractivity contribution in [2.45, 2.75) is 0 Å². The molecule has 0 aliphatic rings. The van der Waals surface area contributed by atoms with E-state index >= 15 is 0 Å². The molecule has 2 N–H and O–H groups in total. The second-order valence-corrected chi connectivity index (χ2v) is 2.88. The van der Waals surface area contributed by atoms with Crippen LogP contribution < -0.4 is 10.5 Å². The summed E-state index contributed by atoms with van der Waals surface area (Å²) in [6.07, 6.45) is 1.84. The van der Waals surface area contributed by atoms with E-state index in [0.29, 0.717) is 4.80 Å². The Balaban J connectivity index is 0.00000121. The van der Waals surface area contributed by atoms with Crippen LogP contribution in [0.15, 0.2) is 16.6 Å². The van der Waals surface area contributed by atoms with Gasteiger partial charge >= 0.3 is 0 Å². The van der Waals surface area contributed by atoms with E-state index in [1.165, 1.54) is 11.3 Å². The number of aryl methyl sites for hydroxylation is 1. The third-order valence-corrected chi connectivity index (χ3v) is 2.00. The third-order valence-electron chi connectivity index (χ3n) is 1.15. The molecule has 1 rings (SSSR count). The van der Waals surface area contributed by atoms with Crippen LogP contribution in [0.25, 0.3) is 0 Å². The molecule has 0 atom stereocenters. The van der Waals surface area contributed by atoms with Crippen LogP contribution in [0.2, 0.25) is 0 Å². The molecular weight excluding hydrogens is 198 g/mol. The molecule has 0 bridgehead atoms. The predicted molar refractivity (Wildman–Crippen MR) is 50.2 cm³/mol. The van der Waals surface area contributed by atoms with Crippen molar-refractivity contribution in [1.82, 2.24) is 4.57 Å². The summed E-state index contributed by atoms with van der Waals surface area (Å²) in [5.41, 5.74) is 5.09. The van der Waals surface area contributed by atoms with Gasteiger partial charge in [-0.15, -0.1) is 23.7 Å². The first kappa shape index (κ1) is 11.4. The number of rotatable bonds is 1. The van der Waals surface area contributed by atoms with Gasteiger partial charge in [-0.3, -0.25) is 4.79 Å². The Kier molecular flexibility index (Phi) is 4.80. The van der Waals surface area contributed by atoms with Crippen LogP contribution >= 0.6 is 23.7 Å². The van der Waals surface area contributed by atoms with E-state index in [9.17, 15) is 4.79 Å². The summed E-state index contributed by atoms with van der Waals surface area (Å²) in [4.78, 5) is 15.2. The van der Waals surface area contributed by atoms with Crippen molar-refractivity contribution in [2.75, 3.05) is 6.54 Å². The highest BCUT2D eigenvalue weighted by molar-refractivity contribution is 7.07. The molecule has 68 valence electrons. The molecule has 12 heavy (non-hydrogen) atoms. The van der Waals surface area contributed by atoms with Gasteiger partial charge in [0, 0.05) is 18.6 Å². The quantitative estimate of drug-likeness (QED) is 0.699. The molecule has 4 nitrogen and oxygen atoms in total. The molecule has 0 saturated carbocycles. The number of hydrogen-bond donors (Lipinski definition) is 1. The van der Waals surface area contributed by atoms with Gasteiger partial charge in [0.15, 0.2) is 4.80 Å². The Morgan fingerprint density at radius 2 is 2.50 bits per heavy atom. The fourth-order valence-electron chi connectivity index (χ4n) is 0.587. The maximum absolute atomic E-state index is 10.7. The lowest BCUT2D eigenvalue weighted by Crippen LogP contribution is -2.17. The van der Waals surface area contributed by atoms with Crippen LogP contribution in [0, 0.1) is 0 Å². The SMILES string of the molecule is Cl.Cn1ccsc1=NC(=O)CN. The van der Waals surface area contributed by atoms with Crippen LogP contribution in [-0.2, 0) is 11.8 Å². The van der Waals surface area contributed by atoms with E-state index in [4.69, 9.17) is 5.73 Å². The Hall–Kier alpha value is -0.650. The molecule has 1 heterocycles. The first-order valence-electron chi connectivity index (χ1n) is 3.12. The zero-order valence-corrected chi connectivity index (χ0v) is 8.19. The molecule has 0 saturated heterocycles. The molecule has 1 aromatic heterocycles. The standard InChI is InChI=1S/C6H9N3OS.ClH/c1-9-2-3-11-6(9)8-5(10)4-7;/h2-3H,4,7H2,1H3;1H. The van der Waals surface area contributed by atoms with Gasteiger partial charge in [0.25, 0.3) is 5.91 Å². The highest BCUT2D eigenvalue weighted by Gasteiger charge is 1.93. The van der Waals surface area contributed by atoms with E-state index in [1.807, 2.05) is 18.6 Å². The van der Waals surface area contributed by atoms with Crippen LogP contribution in [0.4, 0.5) is 0 Å². The number of nitrogens with two attached hydrogens (primary N) is 1. The van der Waals surface area contributed by atoms with Crippen molar-refractivity contribution < 1.29 is 4.79 Å². The fraction of sp³-hybridized carbons (Fsp3) is 0.333. The summed E-state index contributed by atoms with van der Waals surface area (Å²) in [6, 6.07) is 0. The molecule has 0 aliphatic carbocycles. The van der Waals surface area contributed by atoms with Crippen molar-refractivity contribution in [2.24, 2.45) is 17.8 Å². The highest BCUT2D eigenvalue weighted by Crippen LogP contribution is 1.85. The number of aromatic nitrogens is 1. The smallest absolute Gasteiger partial charge is 0.262 e. The summed E-state index contributed by atoms with van der Waals surface area (Å²) < 4.78 is 1.78. The van der Waals surface area contributed by atoms with Crippen LogP contribution in [0.5, 0.6) is 0 Å². The Bertz CT molecular complexity index is 317. The lowest BCUT2D eigenvalue weighted by atomic mass is 10.6. The number of halogens is 1. The minimum absolute atomic E-state index is 0. The number of hydrogen-bond acceptors (Lipinski definition) is 3. The predicted octanol–water partition coefficient (Wildman–Crippen LogP) is -0.106. The first-order valence-corrected chi connectivity index (χ1v) is 3.99. The molecule has 0 radical (unpaired) electrons. The van der Waals surface area contributed by atoms with Gasteiger partial charge in [-0.2, -0.15) is 4.99 Å². The number of carbonyl (C=O) groups excluding carboxylic acids is 1. The Morgan fingerprint density at radius 1 is 1.83 bits per heavy atom. The Morgan fingerprint density at radius 3 is 2.92 bits per heavy atom. The molecule has 0 aromatic carbocycles. The average molecular weight is 208 g/mol. The first-order chi connectivity index (χ1) is 5.24. The molecule has 0 aliphatic heterocycles. The zero-order valence-electron chi connectivity index (χ0n) is 6.56. The summed E-state index contributed by atoms with van der Waals surface area (Å²) in [5.74, 6) is -0.289. The van der Waals surface area contributed by atoms with Crippen molar-refractivity contribution in [3.8, 4) is 0 Å². The van der Waals surface area contributed by atoms with Gasteiger partial charge in [0.2, 0.25) is 0 Å². The monoisotopic (exact) mass is 207 g/mol. The zero-order chi connectivity index (χ0) is 8.27. The third kappa shape index (κ3) is 2.77. The summed E-state index contributed by atoms with van der Waals surface area (Å²) in [6.45, 7) is -0.0299. The Labute approximate surface area is 80.1 Å². The van der Waals surface area contributed by atoms with Crippen molar-refractivity contribution >= 4 is 29.7 Å². The van der Waals surface area contributed by atoms with E-state index < -0.39 is 0 Å². The number of carbonyl (C=O) groups is 1. The lowest BCUT2D eigenvalue weighted by Gasteiger charge is -1.87. The van der Waals surface area contributed by atoms with Crippen molar-refractivity contribution in [1.29, 1.82) is 0 Å². The van der Waals surface area contributed by atoms with Gasteiger partial charge in [-0.25, -0.2) is 0 Å². The minimum Gasteiger partial charge on any atom is -0.327 e. The number of amides is 1. The average Bonchev–Trinajstić information content (AvgIpc) is 2.37. The summed E-state index contributed by atoms with van der Waals surface area (Å²) in [5, 5.41) is 1.86. The molecule has 0 spiro atoms. The molecular formula is C6H10ClN3OS. The molecule has 6 heteroatoms. The topological polar surface area (TPSA) is 60.4 Å². The van der Waals surface area contributed by atoms with E-state index in [1.54, 1.807) is 4.57 Å². The van der Waals surface area contributed by atoms with Gasteiger partial charge in [-0.1, -0.05) is 0 Å². The molecule has 0 fully saturated rings. The van der Waals surface area contributed by atoms with Gasteiger partial charge in [-0.05, 0) is 0 Å². The van der Waals surface area contributed by atoms with Crippen LogP contribution in [0.3, 0.4) is 0 Å². The number of nitrogens with zero attached hydrogens (tertiary/aromatic N) is 2. The van der Waals surface area contributed by atoms with Crippen molar-refractivity contribution in [3.63, 3.8) is 0 Å². The van der Waals surface area contributed by atoms with E-state index in [0.717, 1.165) is 0 Å². The highest BCUT2D eigenvalue weighted by atomic mass is 35.5. The minimum atomic E-state index is -0.289. The summed E-state index contributed by atoms with van der Waals surface area (Å²) >= 11 is 1.41. The fourth-order valence-corrected chi connectivity index (χ4v) is 1.33. The van der Waals surface area contributed by atoms with E-state index in [2.05, 4.69) is 4.99 Å². The normalized spacial score (nSPS) is 11.0. The number of thiazole rings is 1. The van der Waals surface area contributed by atoms with Gasteiger partial charge in [0.1, 0.15) is 0 Å². The van der Waals surface area contributed by atoms with Crippen LogP contribution in [-0.4, -0.2) is 17.0 Å². The maximum Gasteiger partial charge on any atom is 0.262 e. The largest absolute Gasteiger partial charge is 0.327 e.